The number of allylic oxidation sites excluding steroid dienone is 3. The van der Waals surface area contributed by atoms with Crippen LogP contribution < -0.4 is 4.90 Å². The van der Waals surface area contributed by atoms with E-state index in [2.05, 4.69) is 0 Å². The van der Waals surface area contributed by atoms with Crippen LogP contribution in [0.4, 0.5) is 32.0 Å². The van der Waals surface area contributed by atoms with Crippen molar-refractivity contribution in [1.82, 2.24) is 0 Å². The van der Waals surface area contributed by atoms with Crippen LogP contribution in [0.25, 0.3) is 6.08 Å². The molecule has 0 spiro atoms. The Bertz CT molecular complexity index is 1290. The Morgan fingerprint density at radius 1 is 0.806 bits per heavy atom. The minimum atomic E-state index is -4.91. The quantitative estimate of drug-likeness (QED) is 0.260. The summed E-state index contributed by atoms with van der Waals surface area (Å²) in [6.07, 6.45) is -3.83. The first-order chi connectivity index (χ1) is 16.9. The first-order valence-electron chi connectivity index (χ1n) is 11.0. The number of fused-ring (bicyclic) bond motifs is 1. The monoisotopic (exact) mass is 501 g/mol. The van der Waals surface area contributed by atoms with Crippen molar-refractivity contribution in [1.29, 1.82) is 0 Å². The van der Waals surface area contributed by atoms with Crippen molar-refractivity contribution in [2.24, 2.45) is 0 Å². The van der Waals surface area contributed by atoms with Gasteiger partial charge >= 0.3 is 12.4 Å². The summed E-state index contributed by atoms with van der Waals surface area (Å²) in [5.41, 5.74) is -1.60. The lowest BCUT2D eigenvalue weighted by Gasteiger charge is -2.28. The van der Waals surface area contributed by atoms with Crippen LogP contribution in [0.5, 0.6) is 0 Å². The molecule has 1 atom stereocenters. The Kier molecular flexibility index (Phi) is 6.56. The number of hydrogen-bond donors (Lipinski definition) is 0. The highest BCUT2D eigenvalue weighted by Gasteiger charge is 2.49. The van der Waals surface area contributed by atoms with E-state index in [0.29, 0.717) is 12.1 Å². The number of benzene rings is 3. The Morgan fingerprint density at radius 3 is 2.00 bits per heavy atom. The van der Waals surface area contributed by atoms with Gasteiger partial charge in [-0.05, 0) is 47.4 Å². The van der Waals surface area contributed by atoms with E-state index < -0.39 is 28.9 Å². The highest BCUT2D eigenvalue weighted by atomic mass is 19.4. The van der Waals surface area contributed by atoms with Gasteiger partial charge in [0.2, 0.25) is 5.91 Å². The van der Waals surface area contributed by atoms with Gasteiger partial charge in [-0.25, -0.2) is 0 Å². The largest absolute Gasteiger partial charge is 0.416 e. The zero-order chi connectivity index (χ0) is 26.1. The molecule has 36 heavy (non-hydrogen) atoms. The second-order valence-corrected chi connectivity index (χ2v) is 8.48. The molecule has 3 aromatic carbocycles. The molecule has 1 amide bonds. The number of alkyl halides is 6. The summed E-state index contributed by atoms with van der Waals surface area (Å²) >= 11 is 0. The molecule has 0 saturated heterocycles. The number of rotatable bonds is 5. The Balaban J connectivity index is 1.66. The second kappa shape index (κ2) is 9.33. The third-order valence-corrected chi connectivity index (χ3v) is 6.23. The van der Waals surface area contributed by atoms with E-state index in [4.69, 9.17) is 0 Å². The number of halogens is 6. The highest BCUT2D eigenvalue weighted by Crippen LogP contribution is 2.48. The van der Waals surface area contributed by atoms with E-state index in [1.807, 2.05) is 54.6 Å². The Hall–Kier alpha value is -3.81. The van der Waals surface area contributed by atoms with Crippen molar-refractivity contribution in [2.45, 2.75) is 24.2 Å². The van der Waals surface area contributed by atoms with E-state index in [0.717, 1.165) is 16.8 Å². The molecular formula is C28H21F6NO. The Labute approximate surface area is 204 Å². The summed E-state index contributed by atoms with van der Waals surface area (Å²) in [5, 5.41) is 0. The molecule has 1 aliphatic heterocycles. The van der Waals surface area contributed by atoms with Crippen LogP contribution in [0, 0.1) is 0 Å². The average molecular weight is 501 g/mol. The predicted octanol–water partition coefficient (Wildman–Crippen LogP) is 7.65. The van der Waals surface area contributed by atoms with Gasteiger partial charge in [0, 0.05) is 12.7 Å². The summed E-state index contributed by atoms with van der Waals surface area (Å²) in [6, 6.07) is 18.1. The van der Waals surface area contributed by atoms with Gasteiger partial charge in [0.25, 0.3) is 0 Å². The van der Waals surface area contributed by atoms with E-state index in [-0.39, 0.29) is 24.0 Å². The number of nitrogens with zero attached hydrogens (tertiary/aromatic N) is 1. The molecule has 0 N–H and O–H groups in total. The van der Waals surface area contributed by atoms with E-state index in [1.54, 1.807) is 18.0 Å². The fraction of sp³-hybridized carbons (Fsp3) is 0.179. The van der Waals surface area contributed by atoms with Crippen molar-refractivity contribution in [3.63, 3.8) is 0 Å². The number of para-hydroxylation sites is 1. The standard InChI is InChI=1S/C28H21F6NO/c1-35-24-14-8-7-13-23(24)26(25(35)36,20-11-5-2-6-12-20)15-9-3-4-10-19-16-21(27(29,30)31)18-22(17-19)28(32,33)34/h2-14,16-18H,15H2,1H3/b9-3+,10-4+/t26-/m0/s1. The predicted molar refractivity (Wildman–Crippen MR) is 126 cm³/mol. The van der Waals surface area contributed by atoms with Gasteiger partial charge in [0.1, 0.15) is 5.41 Å². The number of hydrogen-bond acceptors (Lipinski definition) is 1. The molecule has 186 valence electrons. The van der Waals surface area contributed by atoms with E-state index >= 15 is 0 Å². The zero-order valence-electron chi connectivity index (χ0n) is 19.1. The van der Waals surface area contributed by atoms with Gasteiger partial charge in [0.15, 0.2) is 0 Å². The topological polar surface area (TPSA) is 20.3 Å². The molecule has 0 bridgehead atoms. The van der Waals surface area contributed by atoms with Gasteiger partial charge in [-0.3, -0.25) is 4.79 Å². The number of amides is 1. The summed E-state index contributed by atoms with van der Waals surface area (Å²) in [6.45, 7) is 0. The molecule has 3 aromatic rings. The smallest absolute Gasteiger partial charge is 0.314 e. The molecule has 4 rings (SSSR count). The van der Waals surface area contributed by atoms with Crippen molar-refractivity contribution in [3.05, 3.63) is 119 Å². The average Bonchev–Trinajstić information content (AvgIpc) is 3.06. The molecule has 1 aliphatic rings. The maximum absolute atomic E-state index is 13.5. The van der Waals surface area contributed by atoms with Crippen molar-refractivity contribution in [2.75, 3.05) is 11.9 Å². The van der Waals surface area contributed by atoms with Gasteiger partial charge in [-0.15, -0.1) is 0 Å². The molecule has 0 fully saturated rings. The first kappa shape index (κ1) is 25.3. The fourth-order valence-corrected chi connectivity index (χ4v) is 4.52. The van der Waals surface area contributed by atoms with Gasteiger partial charge < -0.3 is 4.90 Å². The molecule has 0 unspecified atom stereocenters. The maximum Gasteiger partial charge on any atom is 0.416 e. The van der Waals surface area contributed by atoms with Gasteiger partial charge in [-0.1, -0.05) is 72.8 Å². The molecule has 0 aliphatic carbocycles. The number of carbonyl (C=O) groups is 1. The number of anilines is 1. The van der Waals surface area contributed by atoms with Crippen LogP contribution >= 0.6 is 0 Å². The van der Waals surface area contributed by atoms with Crippen molar-refractivity contribution >= 4 is 17.7 Å². The highest BCUT2D eigenvalue weighted by molar-refractivity contribution is 6.10. The molecule has 0 radical (unpaired) electrons. The lowest BCUT2D eigenvalue weighted by molar-refractivity contribution is -0.143. The molecule has 0 aromatic heterocycles. The summed E-state index contributed by atoms with van der Waals surface area (Å²) in [7, 11) is 1.70. The minimum absolute atomic E-state index is 0.0937. The van der Waals surface area contributed by atoms with Crippen molar-refractivity contribution in [3.8, 4) is 0 Å². The van der Waals surface area contributed by atoms with Crippen molar-refractivity contribution < 1.29 is 31.1 Å². The molecule has 8 heteroatoms. The fourth-order valence-electron chi connectivity index (χ4n) is 4.52. The van der Waals surface area contributed by atoms with Gasteiger partial charge in [-0.2, -0.15) is 26.3 Å². The molecular weight excluding hydrogens is 480 g/mol. The molecule has 0 saturated carbocycles. The van der Waals surface area contributed by atoms with Crippen LogP contribution in [0.1, 0.15) is 34.2 Å². The number of likely N-dealkylation sites (N-methyl/N-ethyl adjacent to an activating group) is 1. The lowest BCUT2D eigenvalue weighted by Crippen LogP contribution is -2.39. The van der Waals surface area contributed by atoms with Gasteiger partial charge in [0.05, 0.1) is 11.1 Å². The molecule has 2 nitrogen and oxygen atoms in total. The summed E-state index contributed by atoms with van der Waals surface area (Å²) in [5.74, 6) is -0.128. The number of carbonyl (C=O) groups excluding carboxylic acids is 1. The second-order valence-electron chi connectivity index (χ2n) is 8.48. The molecule has 1 heterocycles. The van der Waals surface area contributed by atoms with E-state index in [9.17, 15) is 31.1 Å². The van der Waals surface area contributed by atoms with E-state index in [1.165, 1.54) is 18.2 Å². The Morgan fingerprint density at radius 2 is 1.39 bits per heavy atom. The van der Waals surface area contributed by atoms with Crippen LogP contribution in [0.2, 0.25) is 0 Å². The van der Waals surface area contributed by atoms with Crippen LogP contribution in [-0.4, -0.2) is 13.0 Å². The third kappa shape index (κ3) is 4.67. The first-order valence-corrected chi connectivity index (χ1v) is 11.0. The summed E-state index contributed by atoms with van der Waals surface area (Å²) < 4.78 is 78.6. The summed E-state index contributed by atoms with van der Waals surface area (Å²) in [4.78, 5) is 15.1. The minimum Gasteiger partial charge on any atom is -0.314 e. The zero-order valence-corrected chi connectivity index (χ0v) is 19.1. The van der Waals surface area contributed by atoms with Crippen LogP contribution in [-0.2, 0) is 22.6 Å². The lowest BCUT2D eigenvalue weighted by atomic mass is 9.73. The van der Waals surface area contributed by atoms with Crippen LogP contribution in [0.15, 0.2) is 91.0 Å². The third-order valence-electron chi connectivity index (χ3n) is 6.23. The maximum atomic E-state index is 13.5. The van der Waals surface area contributed by atoms with Crippen LogP contribution in [0.3, 0.4) is 0 Å². The normalized spacial score (nSPS) is 18.4. The SMILES string of the molecule is CN1C(=O)[C@@](C/C=C/C=C/c2cc(C(F)(F)F)cc(C(F)(F)F)c2)(c2ccccc2)c2ccccc21.